The van der Waals surface area contributed by atoms with Crippen molar-refractivity contribution in [3.63, 3.8) is 0 Å². The zero-order valence-corrected chi connectivity index (χ0v) is 11.5. The molecule has 0 N–H and O–H groups in total. The Morgan fingerprint density at radius 2 is 2.06 bits per heavy atom. The number of aryl methyl sites for hydroxylation is 1. The van der Waals surface area contributed by atoms with E-state index in [4.69, 9.17) is 0 Å². The lowest BCUT2D eigenvalue weighted by atomic mass is 10.2. The quantitative estimate of drug-likeness (QED) is 0.618. The molecule has 1 aromatic carbocycles. The minimum absolute atomic E-state index is 0.997. The van der Waals surface area contributed by atoms with Crippen molar-refractivity contribution in [2.45, 2.75) is 10.8 Å². The molecule has 0 spiro atoms. The molecular weight excluding hydrogens is 282 g/mol. The van der Waals surface area contributed by atoms with E-state index in [-0.39, 0.29) is 0 Å². The van der Waals surface area contributed by atoms with Gasteiger partial charge in [0.05, 0.1) is 0 Å². The number of hydrogen-bond donors (Lipinski definition) is 0. The van der Waals surface area contributed by atoms with Gasteiger partial charge in [0.15, 0.2) is 6.20 Å². The summed E-state index contributed by atoms with van der Waals surface area (Å²) in [6.45, 7) is 0. The van der Waals surface area contributed by atoms with Crippen LogP contribution in [0.1, 0.15) is 5.56 Å². The van der Waals surface area contributed by atoms with E-state index in [1.807, 2.05) is 17.8 Å². The molecule has 2 rings (SSSR count). The van der Waals surface area contributed by atoms with E-state index in [1.54, 1.807) is 0 Å². The first-order valence-corrected chi connectivity index (χ1v) is 6.85. The van der Waals surface area contributed by atoms with Crippen LogP contribution in [-0.4, -0.2) is 0 Å². The van der Waals surface area contributed by atoms with Crippen LogP contribution < -0.4 is 4.57 Å². The molecule has 1 heterocycles. The Bertz CT molecular complexity index is 485. The van der Waals surface area contributed by atoms with Crippen LogP contribution >= 0.6 is 27.7 Å². The second kappa shape index (κ2) is 5.51. The van der Waals surface area contributed by atoms with Crippen molar-refractivity contribution in [3.05, 3.63) is 58.7 Å². The highest BCUT2D eigenvalue weighted by Gasteiger charge is 2.05. The Morgan fingerprint density at radius 3 is 2.81 bits per heavy atom. The summed E-state index contributed by atoms with van der Waals surface area (Å²) >= 11 is 5.34. The fraction of sp³-hybridized carbons (Fsp3) is 0.154. The van der Waals surface area contributed by atoms with Gasteiger partial charge in [0.2, 0.25) is 5.03 Å². The summed E-state index contributed by atoms with van der Waals surface area (Å²) in [5.41, 5.74) is 1.34. The molecule has 0 saturated heterocycles. The van der Waals surface area contributed by atoms with Crippen molar-refractivity contribution < 1.29 is 4.57 Å². The molecule has 0 atom stereocenters. The van der Waals surface area contributed by atoms with Crippen LogP contribution in [0.4, 0.5) is 0 Å². The fourth-order valence-electron chi connectivity index (χ4n) is 1.44. The number of nitrogens with zero attached hydrogens (tertiary/aromatic N) is 1. The maximum absolute atomic E-state index is 3.49. The van der Waals surface area contributed by atoms with Gasteiger partial charge in [0.1, 0.15) is 7.05 Å². The third-order valence-corrected chi connectivity index (χ3v) is 3.97. The van der Waals surface area contributed by atoms with Crippen molar-refractivity contribution >= 4 is 27.7 Å². The van der Waals surface area contributed by atoms with E-state index in [1.165, 1.54) is 10.6 Å². The van der Waals surface area contributed by atoms with E-state index >= 15 is 0 Å². The van der Waals surface area contributed by atoms with Gasteiger partial charge in [-0.25, -0.2) is 0 Å². The summed E-state index contributed by atoms with van der Waals surface area (Å²) in [6.07, 6.45) is 2.07. The Hall–Kier alpha value is -0.800. The zero-order valence-electron chi connectivity index (χ0n) is 9.06. The Labute approximate surface area is 109 Å². The first-order chi connectivity index (χ1) is 7.75. The number of thioether (sulfide) groups is 1. The Morgan fingerprint density at radius 1 is 1.19 bits per heavy atom. The van der Waals surface area contributed by atoms with Gasteiger partial charge in [-0.2, -0.15) is 4.57 Å². The minimum atomic E-state index is 0.997. The topological polar surface area (TPSA) is 3.88 Å². The summed E-state index contributed by atoms with van der Waals surface area (Å²) in [5.74, 6) is 0.997. The molecule has 0 aliphatic heterocycles. The van der Waals surface area contributed by atoms with E-state index < -0.39 is 0 Å². The average Bonchev–Trinajstić information content (AvgIpc) is 2.28. The van der Waals surface area contributed by atoms with Crippen LogP contribution in [-0.2, 0) is 12.8 Å². The highest BCUT2D eigenvalue weighted by atomic mass is 79.9. The first-order valence-electron chi connectivity index (χ1n) is 5.07. The molecule has 0 aliphatic carbocycles. The molecule has 1 nitrogen and oxygen atoms in total. The molecule has 0 fully saturated rings. The lowest BCUT2D eigenvalue weighted by Crippen LogP contribution is -2.29. The molecule has 1 aromatic heterocycles. The maximum atomic E-state index is 3.49. The van der Waals surface area contributed by atoms with Gasteiger partial charge in [-0.05, 0) is 23.8 Å². The summed E-state index contributed by atoms with van der Waals surface area (Å²) < 4.78 is 3.28. The standard InChI is InChI=1S/C13H13BrNS/c1-15-8-3-2-7-13(15)16-10-11-5-4-6-12(14)9-11/h2-9H,10H2,1H3/q+1. The van der Waals surface area contributed by atoms with Crippen molar-refractivity contribution in [1.29, 1.82) is 0 Å². The summed E-state index contributed by atoms with van der Waals surface area (Å²) in [5, 5.41) is 1.28. The zero-order chi connectivity index (χ0) is 11.4. The summed E-state index contributed by atoms with van der Waals surface area (Å²) in [7, 11) is 2.07. The van der Waals surface area contributed by atoms with E-state index in [2.05, 4.69) is 70.1 Å². The van der Waals surface area contributed by atoms with Crippen LogP contribution in [0.3, 0.4) is 0 Å². The molecule has 0 amide bonds. The van der Waals surface area contributed by atoms with Gasteiger partial charge in [-0.15, -0.1) is 0 Å². The predicted octanol–water partition coefficient (Wildman–Crippen LogP) is 3.57. The molecular formula is C13H13BrNS+. The summed E-state index contributed by atoms with van der Waals surface area (Å²) in [6, 6.07) is 14.7. The molecule has 0 saturated carbocycles. The molecule has 82 valence electrons. The number of pyridine rings is 1. The van der Waals surface area contributed by atoms with Crippen molar-refractivity contribution in [2.24, 2.45) is 7.05 Å². The second-order valence-corrected chi connectivity index (χ2v) is 5.48. The SMILES string of the molecule is C[n+]1ccccc1SCc1cccc(Br)c1. The van der Waals surface area contributed by atoms with Gasteiger partial charge < -0.3 is 0 Å². The van der Waals surface area contributed by atoms with Crippen LogP contribution in [0.2, 0.25) is 0 Å². The lowest BCUT2D eigenvalue weighted by molar-refractivity contribution is -0.708. The maximum Gasteiger partial charge on any atom is 0.240 e. The number of hydrogen-bond acceptors (Lipinski definition) is 1. The van der Waals surface area contributed by atoms with Gasteiger partial charge in [0.25, 0.3) is 0 Å². The number of benzene rings is 1. The largest absolute Gasteiger partial charge is 0.240 e. The average molecular weight is 295 g/mol. The lowest BCUT2D eigenvalue weighted by Gasteiger charge is -2.01. The van der Waals surface area contributed by atoms with E-state index in [0.29, 0.717) is 0 Å². The first kappa shape index (κ1) is 11.7. The normalized spacial score (nSPS) is 10.4. The number of aromatic nitrogens is 1. The van der Waals surface area contributed by atoms with Crippen molar-refractivity contribution in [2.75, 3.05) is 0 Å². The third kappa shape index (κ3) is 3.09. The molecule has 0 aliphatic rings. The Balaban J connectivity index is 2.05. The monoisotopic (exact) mass is 294 g/mol. The van der Waals surface area contributed by atoms with Crippen LogP contribution in [0.15, 0.2) is 58.2 Å². The number of rotatable bonds is 3. The van der Waals surface area contributed by atoms with Crippen LogP contribution in [0.5, 0.6) is 0 Å². The van der Waals surface area contributed by atoms with Gasteiger partial charge in [0, 0.05) is 22.4 Å². The fourth-order valence-corrected chi connectivity index (χ4v) is 2.82. The van der Waals surface area contributed by atoms with E-state index in [0.717, 1.165) is 10.2 Å². The second-order valence-electron chi connectivity index (χ2n) is 3.57. The molecule has 0 unspecified atom stereocenters. The van der Waals surface area contributed by atoms with Crippen LogP contribution in [0.25, 0.3) is 0 Å². The number of halogens is 1. The van der Waals surface area contributed by atoms with Crippen LogP contribution in [0, 0.1) is 0 Å². The molecule has 3 heteroatoms. The molecule has 0 bridgehead atoms. The highest BCUT2D eigenvalue weighted by molar-refractivity contribution is 9.10. The third-order valence-electron chi connectivity index (χ3n) is 2.28. The minimum Gasteiger partial charge on any atom is -0.196 e. The smallest absolute Gasteiger partial charge is 0.196 e. The van der Waals surface area contributed by atoms with Crippen molar-refractivity contribution in [3.8, 4) is 0 Å². The summed E-state index contributed by atoms with van der Waals surface area (Å²) in [4.78, 5) is 0. The molecule has 16 heavy (non-hydrogen) atoms. The van der Waals surface area contributed by atoms with Gasteiger partial charge in [-0.1, -0.05) is 39.8 Å². The van der Waals surface area contributed by atoms with Gasteiger partial charge in [-0.3, -0.25) is 0 Å². The Kier molecular flexibility index (Phi) is 4.02. The molecule has 2 aromatic rings. The van der Waals surface area contributed by atoms with Crippen molar-refractivity contribution in [1.82, 2.24) is 0 Å². The highest BCUT2D eigenvalue weighted by Crippen LogP contribution is 2.21. The predicted molar refractivity (Wildman–Crippen MR) is 71.3 cm³/mol. The van der Waals surface area contributed by atoms with E-state index in [9.17, 15) is 0 Å². The molecule has 0 radical (unpaired) electrons. The van der Waals surface area contributed by atoms with Gasteiger partial charge >= 0.3 is 0 Å².